The third kappa shape index (κ3) is 5.24. The fraction of sp³-hybridized carbons (Fsp3) is 0.333. The van der Waals surface area contributed by atoms with Gasteiger partial charge in [0.15, 0.2) is 0 Å². The first-order valence-electron chi connectivity index (χ1n) is 9.77. The van der Waals surface area contributed by atoms with Gasteiger partial charge in [0.25, 0.3) is 11.5 Å². The number of nitrogens with one attached hydrogen (secondary N) is 3. The number of carbonyl (C=O) groups excluding carboxylic acids is 1. The highest BCUT2D eigenvalue weighted by Crippen LogP contribution is 2.20. The predicted molar refractivity (Wildman–Crippen MR) is 117 cm³/mol. The van der Waals surface area contributed by atoms with Crippen LogP contribution in [-0.4, -0.2) is 37.2 Å². The van der Waals surface area contributed by atoms with Crippen LogP contribution < -0.4 is 32.6 Å². The zero-order valence-corrected chi connectivity index (χ0v) is 16.6. The highest BCUT2D eigenvalue weighted by molar-refractivity contribution is 6.04. The molecule has 3 rings (SSSR count). The van der Waals surface area contributed by atoms with Crippen LogP contribution in [0.15, 0.2) is 47.4 Å². The summed E-state index contributed by atoms with van der Waals surface area (Å²) in [6.07, 6.45) is 6.35. The van der Waals surface area contributed by atoms with E-state index in [0.29, 0.717) is 16.8 Å². The number of H-pyrrole nitrogens is 1. The van der Waals surface area contributed by atoms with Gasteiger partial charge in [-0.2, -0.15) is 0 Å². The molecule has 1 aromatic carbocycles. The third-order valence-corrected chi connectivity index (χ3v) is 5.03. The van der Waals surface area contributed by atoms with Crippen molar-refractivity contribution in [3.8, 4) is 0 Å². The molecule has 154 valence electrons. The number of benzene rings is 1. The Morgan fingerprint density at radius 3 is 2.52 bits per heavy atom. The quantitative estimate of drug-likeness (QED) is 0.470. The van der Waals surface area contributed by atoms with Crippen molar-refractivity contribution in [2.24, 2.45) is 11.5 Å². The summed E-state index contributed by atoms with van der Waals surface area (Å²) in [7, 11) is 1.71. The number of nitrogens with two attached hydrogens (primary N) is 2. The first-order chi connectivity index (χ1) is 14.0. The summed E-state index contributed by atoms with van der Waals surface area (Å²) < 4.78 is 0. The monoisotopic (exact) mass is 396 g/mol. The summed E-state index contributed by atoms with van der Waals surface area (Å²) in [4.78, 5) is 29.6. The SMILES string of the molecule is CNC(N)/C=C(\N)c1c[nH]c(=O)c(NC(=O)c2ccc(N3CCCCC3)cc2)c1. The zero-order chi connectivity index (χ0) is 20.8. The Labute approximate surface area is 170 Å². The molecule has 2 aromatic rings. The first kappa shape index (κ1) is 20.6. The Kier molecular flexibility index (Phi) is 6.69. The number of nitrogens with zero attached hydrogens (tertiary/aromatic N) is 1. The van der Waals surface area contributed by atoms with Gasteiger partial charge in [0, 0.05) is 41.8 Å². The van der Waals surface area contributed by atoms with Gasteiger partial charge in [0.2, 0.25) is 0 Å². The van der Waals surface area contributed by atoms with E-state index >= 15 is 0 Å². The van der Waals surface area contributed by atoms with E-state index < -0.39 is 11.7 Å². The maximum atomic E-state index is 12.6. The van der Waals surface area contributed by atoms with Gasteiger partial charge in [-0.15, -0.1) is 0 Å². The molecule has 1 aromatic heterocycles. The van der Waals surface area contributed by atoms with E-state index in [1.165, 1.54) is 31.5 Å². The number of anilines is 2. The molecule has 1 unspecified atom stereocenters. The molecule has 7 N–H and O–H groups in total. The van der Waals surface area contributed by atoms with Crippen LogP contribution in [0.25, 0.3) is 5.70 Å². The lowest BCUT2D eigenvalue weighted by molar-refractivity contribution is 0.102. The van der Waals surface area contributed by atoms with Crippen molar-refractivity contribution < 1.29 is 4.79 Å². The molecule has 1 saturated heterocycles. The molecule has 0 bridgehead atoms. The van der Waals surface area contributed by atoms with Gasteiger partial charge in [-0.1, -0.05) is 0 Å². The van der Waals surface area contributed by atoms with Gasteiger partial charge in [0.05, 0.1) is 6.17 Å². The van der Waals surface area contributed by atoms with Crippen molar-refractivity contribution in [1.82, 2.24) is 10.3 Å². The maximum Gasteiger partial charge on any atom is 0.271 e. The molecule has 0 radical (unpaired) electrons. The number of aromatic amines is 1. The molecule has 8 heteroatoms. The van der Waals surface area contributed by atoms with E-state index in [0.717, 1.165) is 18.8 Å². The summed E-state index contributed by atoms with van der Waals surface area (Å²) >= 11 is 0. The van der Waals surface area contributed by atoms with E-state index in [1.807, 2.05) is 12.1 Å². The van der Waals surface area contributed by atoms with Gasteiger partial charge in [0.1, 0.15) is 5.69 Å². The average molecular weight is 396 g/mol. The van der Waals surface area contributed by atoms with Gasteiger partial charge >= 0.3 is 0 Å². The van der Waals surface area contributed by atoms with Crippen molar-refractivity contribution in [2.45, 2.75) is 25.4 Å². The fourth-order valence-corrected chi connectivity index (χ4v) is 3.29. The number of likely N-dealkylation sites (N-methyl/N-ethyl adjacent to an activating group) is 1. The Morgan fingerprint density at radius 1 is 1.17 bits per heavy atom. The minimum absolute atomic E-state index is 0.127. The average Bonchev–Trinajstić information content (AvgIpc) is 2.75. The van der Waals surface area contributed by atoms with E-state index in [1.54, 1.807) is 25.3 Å². The van der Waals surface area contributed by atoms with E-state index in [2.05, 4.69) is 20.5 Å². The van der Waals surface area contributed by atoms with E-state index in [9.17, 15) is 9.59 Å². The molecule has 1 fully saturated rings. The number of hydrogen-bond acceptors (Lipinski definition) is 6. The first-order valence-corrected chi connectivity index (χ1v) is 9.77. The molecule has 8 nitrogen and oxygen atoms in total. The number of hydrogen-bond donors (Lipinski definition) is 5. The van der Waals surface area contributed by atoms with Crippen LogP contribution >= 0.6 is 0 Å². The third-order valence-electron chi connectivity index (χ3n) is 5.03. The molecule has 1 atom stereocenters. The molecule has 1 amide bonds. The Hall–Kier alpha value is -3.10. The maximum absolute atomic E-state index is 12.6. The van der Waals surface area contributed by atoms with E-state index in [-0.39, 0.29) is 11.6 Å². The Bertz CT molecular complexity index is 929. The van der Waals surface area contributed by atoms with Gasteiger partial charge in [-0.05, 0) is 62.7 Å². The van der Waals surface area contributed by atoms with Gasteiger partial charge in [-0.25, -0.2) is 0 Å². The molecular formula is C21H28N6O2. The fourth-order valence-electron chi connectivity index (χ4n) is 3.29. The van der Waals surface area contributed by atoms with Gasteiger partial charge in [-0.3, -0.25) is 9.59 Å². The number of carbonyl (C=O) groups is 1. The minimum Gasteiger partial charge on any atom is -0.398 e. The van der Waals surface area contributed by atoms with Crippen LogP contribution in [-0.2, 0) is 0 Å². The summed E-state index contributed by atoms with van der Waals surface area (Å²) in [5.74, 6) is -0.354. The molecule has 29 heavy (non-hydrogen) atoms. The highest BCUT2D eigenvalue weighted by Gasteiger charge is 2.13. The Morgan fingerprint density at radius 2 is 1.86 bits per heavy atom. The van der Waals surface area contributed by atoms with Crippen LogP contribution in [0.5, 0.6) is 0 Å². The largest absolute Gasteiger partial charge is 0.398 e. The number of pyridine rings is 1. The molecule has 0 spiro atoms. The highest BCUT2D eigenvalue weighted by atomic mass is 16.2. The molecular weight excluding hydrogens is 368 g/mol. The molecule has 2 heterocycles. The van der Waals surface area contributed by atoms with Crippen LogP contribution in [0.4, 0.5) is 11.4 Å². The topological polar surface area (TPSA) is 129 Å². The van der Waals surface area contributed by atoms with Crippen LogP contribution in [0.2, 0.25) is 0 Å². The second-order valence-corrected chi connectivity index (χ2v) is 7.12. The van der Waals surface area contributed by atoms with Crippen molar-refractivity contribution in [2.75, 3.05) is 30.4 Å². The van der Waals surface area contributed by atoms with Crippen LogP contribution in [0.3, 0.4) is 0 Å². The molecule has 0 saturated carbocycles. The number of piperidine rings is 1. The standard InChI is InChI=1S/C21H28N6O2/c1-24-19(23)12-17(22)15-11-18(21(29)25-13-15)26-20(28)14-5-7-16(8-6-14)27-9-3-2-4-10-27/h5-8,11-13,19,24H,2-4,9-10,22-23H2,1H3,(H,25,29)(H,26,28)/b17-12-. The van der Waals surface area contributed by atoms with Crippen LogP contribution in [0.1, 0.15) is 35.2 Å². The summed E-state index contributed by atoms with van der Waals surface area (Å²) in [5.41, 5.74) is 14.1. The smallest absolute Gasteiger partial charge is 0.271 e. The molecule has 0 aliphatic carbocycles. The molecule has 1 aliphatic rings. The normalized spacial score (nSPS) is 15.8. The number of rotatable bonds is 6. The minimum atomic E-state index is -0.418. The summed E-state index contributed by atoms with van der Waals surface area (Å²) in [5, 5.41) is 5.51. The van der Waals surface area contributed by atoms with Crippen molar-refractivity contribution in [3.05, 3.63) is 64.1 Å². The lowest BCUT2D eigenvalue weighted by Gasteiger charge is -2.28. The van der Waals surface area contributed by atoms with E-state index in [4.69, 9.17) is 11.5 Å². The van der Waals surface area contributed by atoms with Crippen molar-refractivity contribution in [3.63, 3.8) is 0 Å². The Balaban J connectivity index is 1.74. The summed E-state index contributed by atoms with van der Waals surface area (Å²) in [6, 6.07) is 8.98. The summed E-state index contributed by atoms with van der Waals surface area (Å²) in [6.45, 7) is 2.08. The number of aromatic nitrogens is 1. The van der Waals surface area contributed by atoms with Crippen molar-refractivity contribution in [1.29, 1.82) is 0 Å². The number of amides is 1. The zero-order valence-electron chi connectivity index (χ0n) is 16.6. The van der Waals surface area contributed by atoms with Gasteiger partial charge < -0.3 is 32.0 Å². The lowest BCUT2D eigenvalue weighted by Crippen LogP contribution is -2.32. The molecule has 1 aliphatic heterocycles. The van der Waals surface area contributed by atoms with Crippen molar-refractivity contribution >= 4 is 23.0 Å². The second kappa shape index (κ2) is 9.40. The second-order valence-electron chi connectivity index (χ2n) is 7.12. The predicted octanol–water partition coefficient (Wildman–Crippen LogP) is 1.42. The van der Waals surface area contributed by atoms with Crippen LogP contribution in [0, 0.1) is 0 Å². The lowest BCUT2D eigenvalue weighted by atomic mass is 10.1.